The van der Waals surface area contributed by atoms with E-state index in [9.17, 15) is 10.1 Å². The van der Waals surface area contributed by atoms with Crippen molar-refractivity contribution in [3.8, 4) is 11.4 Å². The third-order valence-electron chi connectivity index (χ3n) is 3.23. The first-order chi connectivity index (χ1) is 9.93. The summed E-state index contributed by atoms with van der Waals surface area (Å²) in [6, 6.07) is 4.76. The fraction of sp³-hybridized carbons (Fsp3) is 0.429. The number of non-ortho nitro benzene ring substituents is 1. The first-order valence-corrected chi connectivity index (χ1v) is 6.81. The number of nitrogens with two attached hydrogens (primary N) is 1. The van der Waals surface area contributed by atoms with Crippen molar-refractivity contribution in [2.75, 3.05) is 0 Å². The zero-order valence-electron chi connectivity index (χ0n) is 12.4. The van der Waals surface area contributed by atoms with Crippen LogP contribution < -0.4 is 5.73 Å². The zero-order valence-corrected chi connectivity index (χ0v) is 12.4. The fourth-order valence-electron chi connectivity index (χ4n) is 2.21. The smallest absolute Gasteiger partial charge is 0.270 e. The number of nitrogens with zero attached hydrogens (tertiary/aromatic N) is 4. The standard InChI is InChI=1S/C14H19N5O2/c1-9(2)8-18-13(7-15)16-17-14(18)12-6-11(19(20)21)5-4-10(12)3/h4-6,9H,7-8,15H2,1-3H3. The second kappa shape index (κ2) is 6.01. The van der Waals surface area contributed by atoms with Crippen LogP contribution in [0.1, 0.15) is 25.2 Å². The first kappa shape index (κ1) is 15.1. The van der Waals surface area contributed by atoms with Gasteiger partial charge in [0.15, 0.2) is 5.82 Å². The van der Waals surface area contributed by atoms with Gasteiger partial charge < -0.3 is 10.3 Å². The van der Waals surface area contributed by atoms with Gasteiger partial charge in [-0.2, -0.15) is 0 Å². The van der Waals surface area contributed by atoms with E-state index in [-0.39, 0.29) is 12.2 Å². The molecule has 0 aliphatic heterocycles. The normalized spacial score (nSPS) is 11.1. The Labute approximate surface area is 122 Å². The van der Waals surface area contributed by atoms with Gasteiger partial charge in [0.25, 0.3) is 5.69 Å². The highest BCUT2D eigenvalue weighted by Crippen LogP contribution is 2.27. The van der Waals surface area contributed by atoms with Crippen molar-refractivity contribution in [1.29, 1.82) is 0 Å². The molecule has 0 aliphatic rings. The van der Waals surface area contributed by atoms with Crippen molar-refractivity contribution in [3.05, 3.63) is 39.7 Å². The third kappa shape index (κ3) is 3.08. The van der Waals surface area contributed by atoms with Crippen molar-refractivity contribution in [2.45, 2.75) is 33.9 Å². The molecule has 1 heterocycles. The molecule has 7 heteroatoms. The van der Waals surface area contributed by atoms with Crippen LogP contribution in [0.2, 0.25) is 0 Å². The summed E-state index contributed by atoms with van der Waals surface area (Å²) in [6.45, 7) is 7.08. The number of benzene rings is 1. The number of nitro groups is 1. The van der Waals surface area contributed by atoms with Gasteiger partial charge in [0.1, 0.15) is 5.82 Å². The summed E-state index contributed by atoms with van der Waals surface area (Å²) in [5, 5.41) is 19.2. The Bertz CT molecular complexity index is 663. The Morgan fingerprint density at radius 2 is 2.10 bits per heavy atom. The highest BCUT2D eigenvalue weighted by atomic mass is 16.6. The van der Waals surface area contributed by atoms with Crippen molar-refractivity contribution < 1.29 is 4.92 Å². The Morgan fingerprint density at radius 3 is 2.67 bits per heavy atom. The van der Waals surface area contributed by atoms with Gasteiger partial charge in [0.2, 0.25) is 0 Å². The number of hydrogen-bond donors (Lipinski definition) is 1. The zero-order chi connectivity index (χ0) is 15.6. The van der Waals surface area contributed by atoms with E-state index in [1.807, 2.05) is 11.5 Å². The maximum Gasteiger partial charge on any atom is 0.270 e. The summed E-state index contributed by atoms with van der Waals surface area (Å²) >= 11 is 0. The van der Waals surface area contributed by atoms with Crippen LogP contribution >= 0.6 is 0 Å². The molecule has 0 bridgehead atoms. The first-order valence-electron chi connectivity index (χ1n) is 6.81. The third-order valence-corrected chi connectivity index (χ3v) is 3.23. The molecule has 0 aliphatic carbocycles. The minimum absolute atomic E-state index is 0.0454. The molecular formula is C14H19N5O2. The van der Waals surface area contributed by atoms with Crippen LogP contribution in [0.15, 0.2) is 18.2 Å². The predicted molar refractivity (Wildman–Crippen MR) is 79.6 cm³/mol. The highest BCUT2D eigenvalue weighted by molar-refractivity contribution is 5.64. The average molecular weight is 289 g/mol. The van der Waals surface area contributed by atoms with Gasteiger partial charge in [-0.3, -0.25) is 10.1 Å². The molecule has 112 valence electrons. The van der Waals surface area contributed by atoms with Crippen molar-refractivity contribution in [1.82, 2.24) is 14.8 Å². The SMILES string of the molecule is Cc1ccc([N+](=O)[O-])cc1-c1nnc(CN)n1CC(C)C. The summed E-state index contributed by atoms with van der Waals surface area (Å²) in [6.07, 6.45) is 0. The Kier molecular flexibility index (Phi) is 4.32. The van der Waals surface area contributed by atoms with Crippen LogP contribution in [-0.4, -0.2) is 19.7 Å². The summed E-state index contributed by atoms with van der Waals surface area (Å²) in [5.74, 6) is 1.71. The number of hydrogen-bond acceptors (Lipinski definition) is 5. The van der Waals surface area contributed by atoms with E-state index in [0.29, 0.717) is 17.6 Å². The van der Waals surface area contributed by atoms with Crippen LogP contribution in [0.5, 0.6) is 0 Å². The molecule has 0 radical (unpaired) electrons. The molecule has 0 spiro atoms. The quantitative estimate of drug-likeness (QED) is 0.672. The van der Waals surface area contributed by atoms with Gasteiger partial charge >= 0.3 is 0 Å². The molecule has 0 atom stereocenters. The topological polar surface area (TPSA) is 99.9 Å². The lowest BCUT2D eigenvalue weighted by atomic mass is 10.1. The average Bonchev–Trinajstić information content (AvgIpc) is 2.81. The molecule has 2 aromatic rings. The summed E-state index contributed by atoms with van der Waals surface area (Å²) in [5.41, 5.74) is 7.39. The summed E-state index contributed by atoms with van der Waals surface area (Å²) in [7, 11) is 0. The van der Waals surface area contributed by atoms with Gasteiger partial charge in [0.05, 0.1) is 11.5 Å². The molecule has 0 saturated heterocycles. The van der Waals surface area contributed by atoms with E-state index in [4.69, 9.17) is 5.73 Å². The second-order valence-corrected chi connectivity index (χ2v) is 5.40. The number of aryl methyl sites for hydroxylation is 1. The van der Waals surface area contributed by atoms with Gasteiger partial charge in [-0.05, 0) is 18.4 Å². The fourth-order valence-corrected chi connectivity index (χ4v) is 2.21. The van der Waals surface area contributed by atoms with E-state index in [1.54, 1.807) is 6.07 Å². The lowest BCUT2D eigenvalue weighted by Gasteiger charge is -2.13. The minimum atomic E-state index is -0.407. The molecular weight excluding hydrogens is 270 g/mol. The molecule has 1 aromatic carbocycles. The number of aromatic nitrogens is 3. The lowest BCUT2D eigenvalue weighted by molar-refractivity contribution is -0.384. The Balaban J connectivity index is 2.58. The molecule has 2 N–H and O–H groups in total. The van der Waals surface area contributed by atoms with Gasteiger partial charge in [0, 0.05) is 24.2 Å². The maximum atomic E-state index is 11.0. The number of nitro benzene ring substituents is 1. The molecule has 0 saturated carbocycles. The van der Waals surface area contributed by atoms with Crippen LogP contribution in [0.3, 0.4) is 0 Å². The van der Waals surface area contributed by atoms with Gasteiger partial charge in [-0.1, -0.05) is 19.9 Å². The van der Waals surface area contributed by atoms with Crippen LogP contribution in [0.4, 0.5) is 5.69 Å². The molecule has 1 aromatic heterocycles. The van der Waals surface area contributed by atoms with Crippen molar-refractivity contribution in [2.24, 2.45) is 11.7 Å². The monoisotopic (exact) mass is 289 g/mol. The number of rotatable bonds is 5. The van der Waals surface area contributed by atoms with Crippen molar-refractivity contribution >= 4 is 5.69 Å². The highest BCUT2D eigenvalue weighted by Gasteiger charge is 2.18. The lowest BCUT2D eigenvalue weighted by Crippen LogP contribution is -2.13. The summed E-state index contributed by atoms with van der Waals surface area (Å²) < 4.78 is 1.94. The van der Waals surface area contributed by atoms with Crippen molar-refractivity contribution in [3.63, 3.8) is 0 Å². The molecule has 2 rings (SSSR count). The minimum Gasteiger partial charge on any atom is -0.324 e. The van der Waals surface area contributed by atoms with E-state index in [0.717, 1.165) is 17.7 Å². The van der Waals surface area contributed by atoms with Crippen LogP contribution in [-0.2, 0) is 13.1 Å². The molecule has 0 amide bonds. The molecule has 0 fully saturated rings. The van der Waals surface area contributed by atoms with E-state index < -0.39 is 4.92 Å². The van der Waals surface area contributed by atoms with Gasteiger partial charge in [-0.25, -0.2) is 0 Å². The van der Waals surface area contributed by atoms with Crippen LogP contribution in [0, 0.1) is 23.0 Å². The van der Waals surface area contributed by atoms with E-state index in [1.165, 1.54) is 12.1 Å². The summed E-state index contributed by atoms with van der Waals surface area (Å²) in [4.78, 5) is 10.6. The molecule has 21 heavy (non-hydrogen) atoms. The van der Waals surface area contributed by atoms with Gasteiger partial charge in [-0.15, -0.1) is 10.2 Å². The van der Waals surface area contributed by atoms with E-state index in [2.05, 4.69) is 24.0 Å². The Morgan fingerprint density at radius 1 is 1.38 bits per heavy atom. The van der Waals surface area contributed by atoms with Crippen LogP contribution in [0.25, 0.3) is 11.4 Å². The second-order valence-electron chi connectivity index (χ2n) is 5.40. The molecule has 0 unspecified atom stereocenters. The van der Waals surface area contributed by atoms with E-state index >= 15 is 0 Å². The predicted octanol–water partition coefficient (Wildman–Crippen LogP) is 2.28. The molecule has 7 nitrogen and oxygen atoms in total. The Hall–Kier alpha value is -2.28. The maximum absolute atomic E-state index is 11.0. The largest absolute Gasteiger partial charge is 0.324 e.